The number of carbonyl (C=O) groups excluding carboxylic acids is 2. The van der Waals surface area contributed by atoms with Crippen molar-refractivity contribution in [3.8, 4) is 11.5 Å². The molecule has 3 rings (SSSR count). The Hall–Kier alpha value is -3.47. The molecule has 9 nitrogen and oxygen atoms in total. The lowest BCUT2D eigenvalue weighted by Gasteiger charge is -2.34. The molecule has 0 radical (unpaired) electrons. The molecular formula is C31H37Cl2N3O6S. The van der Waals surface area contributed by atoms with Crippen molar-refractivity contribution in [2.45, 2.75) is 57.1 Å². The summed E-state index contributed by atoms with van der Waals surface area (Å²) in [5.74, 6) is -0.456. The van der Waals surface area contributed by atoms with Crippen molar-refractivity contribution in [1.82, 2.24) is 10.2 Å². The van der Waals surface area contributed by atoms with Crippen LogP contribution in [0.3, 0.4) is 0 Å². The Morgan fingerprint density at radius 1 is 0.907 bits per heavy atom. The number of amides is 2. The zero-order valence-corrected chi connectivity index (χ0v) is 27.2. The predicted octanol–water partition coefficient (Wildman–Crippen LogP) is 5.93. The molecular weight excluding hydrogens is 613 g/mol. The summed E-state index contributed by atoms with van der Waals surface area (Å²) >= 11 is 13.0. The van der Waals surface area contributed by atoms with Crippen LogP contribution in [0.2, 0.25) is 10.0 Å². The Balaban J connectivity index is 2.18. The van der Waals surface area contributed by atoms with Gasteiger partial charge in [-0.1, -0.05) is 61.3 Å². The highest BCUT2D eigenvalue weighted by Gasteiger charge is 2.35. The van der Waals surface area contributed by atoms with Crippen LogP contribution in [0, 0.1) is 0 Å². The summed E-state index contributed by atoms with van der Waals surface area (Å²) in [5, 5.41) is 3.56. The molecule has 2 amide bonds. The highest BCUT2D eigenvalue weighted by atomic mass is 35.5. The first kappa shape index (κ1) is 34.0. The summed E-state index contributed by atoms with van der Waals surface area (Å²) in [6, 6.07) is 16.3. The van der Waals surface area contributed by atoms with Gasteiger partial charge in [0.2, 0.25) is 11.8 Å². The zero-order valence-electron chi connectivity index (χ0n) is 24.8. The van der Waals surface area contributed by atoms with Crippen LogP contribution in [0.1, 0.15) is 39.2 Å². The Bertz CT molecular complexity index is 1500. The van der Waals surface area contributed by atoms with Crippen LogP contribution in [0.5, 0.6) is 11.5 Å². The monoisotopic (exact) mass is 649 g/mol. The Kier molecular flexibility index (Phi) is 12.1. The minimum atomic E-state index is -4.31. The van der Waals surface area contributed by atoms with E-state index in [9.17, 15) is 18.0 Å². The van der Waals surface area contributed by atoms with Crippen molar-refractivity contribution in [2.75, 3.05) is 25.1 Å². The highest BCUT2D eigenvalue weighted by molar-refractivity contribution is 7.92. The van der Waals surface area contributed by atoms with Gasteiger partial charge in [-0.2, -0.15) is 0 Å². The Morgan fingerprint density at radius 2 is 1.56 bits per heavy atom. The molecule has 0 aromatic heterocycles. The van der Waals surface area contributed by atoms with Crippen molar-refractivity contribution in [1.29, 1.82) is 0 Å². The number of hydrogen-bond acceptors (Lipinski definition) is 6. The van der Waals surface area contributed by atoms with E-state index >= 15 is 0 Å². The summed E-state index contributed by atoms with van der Waals surface area (Å²) in [6.45, 7) is 4.80. The molecule has 0 bridgehead atoms. The average molecular weight is 651 g/mol. The molecule has 0 heterocycles. The van der Waals surface area contributed by atoms with E-state index in [1.54, 1.807) is 55.5 Å². The molecule has 1 N–H and O–H groups in total. The van der Waals surface area contributed by atoms with Crippen LogP contribution in [0.15, 0.2) is 71.6 Å². The van der Waals surface area contributed by atoms with Crippen LogP contribution in [-0.4, -0.2) is 58.0 Å². The van der Waals surface area contributed by atoms with Gasteiger partial charge in [-0.3, -0.25) is 13.9 Å². The van der Waals surface area contributed by atoms with E-state index in [0.717, 1.165) is 4.31 Å². The summed E-state index contributed by atoms with van der Waals surface area (Å²) in [7, 11) is -1.46. The van der Waals surface area contributed by atoms with Crippen molar-refractivity contribution >= 4 is 50.7 Å². The second-order valence-corrected chi connectivity index (χ2v) is 12.5. The first-order valence-corrected chi connectivity index (χ1v) is 16.0. The molecule has 2 atom stereocenters. The number of rotatable bonds is 14. The standard InChI is InChI=1S/C31H37Cl2N3O6S/c1-6-21(3)34-31(38)27(7-2)35(19-24-25(32)14-11-15-26(24)33)30(37)20-36(43(39,40)23-12-9-8-10-13-23)28-18-22(41-4)16-17-29(28)42-5/h8-18,21,27H,6-7,19-20H2,1-5H3,(H,34,38)/t21-,27-/m1/s1. The van der Waals surface area contributed by atoms with Crippen LogP contribution in [0.25, 0.3) is 0 Å². The number of anilines is 1. The minimum Gasteiger partial charge on any atom is -0.497 e. The van der Waals surface area contributed by atoms with E-state index in [-0.39, 0.29) is 41.2 Å². The number of halogens is 2. The highest BCUT2D eigenvalue weighted by Crippen LogP contribution is 2.36. The van der Waals surface area contributed by atoms with Crippen LogP contribution in [0.4, 0.5) is 5.69 Å². The van der Waals surface area contributed by atoms with Gasteiger partial charge in [0, 0.05) is 34.3 Å². The summed E-state index contributed by atoms with van der Waals surface area (Å²) in [6.07, 6.45) is 0.940. The first-order chi connectivity index (χ1) is 20.5. The summed E-state index contributed by atoms with van der Waals surface area (Å²) in [5.41, 5.74) is 0.525. The van der Waals surface area contributed by atoms with Gasteiger partial charge in [-0.25, -0.2) is 8.42 Å². The molecule has 3 aromatic rings. The molecule has 0 spiro atoms. The van der Waals surface area contributed by atoms with Gasteiger partial charge >= 0.3 is 0 Å². The number of hydrogen-bond donors (Lipinski definition) is 1. The molecule has 12 heteroatoms. The Labute approximate surface area is 263 Å². The molecule has 0 saturated heterocycles. The van der Waals surface area contributed by atoms with Crippen LogP contribution < -0.4 is 19.1 Å². The van der Waals surface area contributed by atoms with E-state index in [2.05, 4.69) is 5.32 Å². The first-order valence-electron chi connectivity index (χ1n) is 13.8. The van der Waals surface area contributed by atoms with Crippen LogP contribution in [-0.2, 0) is 26.2 Å². The smallest absolute Gasteiger partial charge is 0.264 e. The normalized spacial score (nSPS) is 12.6. The fraction of sp³-hybridized carbons (Fsp3) is 0.355. The number of nitrogens with one attached hydrogen (secondary N) is 1. The number of carbonyl (C=O) groups is 2. The Morgan fingerprint density at radius 3 is 2.12 bits per heavy atom. The molecule has 3 aromatic carbocycles. The predicted molar refractivity (Wildman–Crippen MR) is 170 cm³/mol. The third kappa shape index (κ3) is 8.13. The number of benzene rings is 3. The van der Waals surface area contributed by atoms with E-state index in [1.165, 1.54) is 37.3 Å². The lowest BCUT2D eigenvalue weighted by molar-refractivity contribution is -0.140. The molecule has 0 aliphatic carbocycles. The maximum Gasteiger partial charge on any atom is 0.264 e. The van der Waals surface area contributed by atoms with Gasteiger partial charge in [0.15, 0.2) is 0 Å². The fourth-order valence-electron chi connectivity index (χ4n) is 4.44. The lowest BCUT2D eigenvalue weighted by atomic mass is 10.1. The SMILES string of the molecule is CC[C@@H](C)NC(=O)[C@@H](CC)N(Cc1c(Cl)cccc1Cl)C(=O)CN(c1cc(OC)ccc1OC)S(=O)(=O)c1ccccc1. The molecule has 0 aliphatic rings. The lowest BCUT2D eigenvalue weighted by Crippen LogP contribution is -2.53. The van der Waals surface area contributed by atoms with Crippen molar-refractivity contribution in [3.05, 3.63) is 82.3 Å². The van der Waals surface area contributed by atoms with Gasteiger partial charge in [0.05, 0.1) is 24.8 Å². The molecule has 0 aliphatic heterocycles. The number of methoxy groups -OCH3 is 2. The van der Waals surface area contributed by atoms with E-state index in [4.69, 9.17) is 32.7 Å². The number of nitrogens with zero attached hydrogens (tertiary/aromatic N) is 2. The van der Waals surface area contributed by atoms with E-state index in [1.807, 2.05) is 13.8 Å². The quantitative estimate of drug-likeness (QED) is 0.232. The van der Waals surface area contributed by atoms with Crippen LogP contribution >= 0.6 is 23.2 Å². The number of ether oxygens (including phenoxy) is 2. The molecule has 0 fully saturated rings. The third-order valence-electron chi connectivity index (χ3n) is 7.04. The minimum absolute atomic E-state index is 0.0325. The van der Waals surface area contributed by atoms with Gasteiger partial charge in [0.25, 0.3) is 10.0 Å². The van der Waals surface area contributed by atoms with Gasteiger partial charge in [-0.15, -0.1) is 0 Å². The van der Waals surface area contributed by atoms with Crippen molar-refractivity contribution in [3.63, 3.8) is 0 Å². The second-order valence-electron chi connectivity index (χ2n) is 9.83. The van der Waals surface area contributed by atoms with E-state index < -0.39 is 28.5 Å². The van der Waals surface area contributed by atoms with Crippen molar-refractivity contribution in [2.24, 2.45) is 0 Å². The molecule has 232 valence electrons. The van der Waals surface area contributed by atoms with Gasteiger partial charge in [-0.05, 0) is 56.2 Å². The largest absolute Gasteiger partial charge is 0.497 e. The topological polar surface area (TPSA) is 105 Å². The van der Waals surface area contributed by atoms with Crippen molar-refractivity contribution < 1.29 is 27.5 Å². The third-order valence-corrected chi connectivity index (χ3v) is 9.52. The van der Waals surface area contributed by atoms with Gasteiger partial charge in [0.1, 0.15) is 24.1 Å². The fourth-order valence-corrected chi connectivity index (χ4v) is 6.39. The zero-order chi connectivity index (χ0) is 31.7. The van der Waals surface area contributed by atoms with E-state index in [0.29, 0.717) is 27.8 Å². The second kappa shape index (κ2) is 15.3. The summed E-state index contributed by atoms with van der Waals surface area (Å²) < 4.78 is 40.1. The molecule has 0 saturated carbocycles. The number of sulfonamides is 1. The average Bonchev–Trinajstić information content (AvgIpc) is 3.00. The van der Waals surface area contributed by atoms with Gasteiger partial charge < -0.3 is 19.7 Å². The summed E-state index contributed by atoms with van der Waals surface area (Å²) in [4.78, 5) is 29.1. The maximum absolute atomic E-state index is 14.3. The molecule has 43 heavy (non-hydrogen) atoms. The maximum atomic E-state index is 14.3. The molecule has 0 unspecified atom stereocenters.